The summed E-state index contributed by atoms with van der Waals surface area (Å²) in [7, 11) is 0. The van der Waals surface area contributed by atoms with Crippen molar-refractivity contribution in [3.05, 3.63) is 35.9 Å². The minimum absolute atomic E-state index is 0.387. The zero-order valence-corrected chi connectivity index (χ0v) is 12.9. The highest BCUT2D eigenvalue weighted by molar-refractivity contribution is 5.17. The highest BCUT2D eigenvalue weighted by Crippen LogP contribution is 2.29. The maximum atomic E-state index is 10.2. The molecule has 0 heterocycles. The monoisotopic (exact) mass is 275 g/mol. The number of benzene rings is 1. The highest BCUT2D eigenvalue weighted by atomic mass is 16.3. The fraction of sp³-hybridized carbons (Fsp3) is 0.667. The van der Waals surface area contributed by atoms with Crippen molar-refractivity contribution in [3.8, 4) is 0 Å². The van der Waals surface area contributed by atoms with Crippen molar-refractivity contribution in [2.24, 2.45) is 11.8 Å². The molecule has 0 spiro atoms. The number of nitrogens with one attached hydrogen (secondary N) is 1. The molecule has 1 aliphatic carbocycles. The summed E-state index contributed by atoms with van der Waals surface area (Å²) in [6.07, 6.45) is 6.21. The van der Waals surface area contributed by atoms with Crippen molar-refractivity contribution in [1.29, 1.82) is 0 Å². The minimum Gasteiger partial charge on any atom is -0.387 e. The first-order chi connectivity index (χ1) is 9.65. The van der Waals surface area contributed by atoms with Crippen LogP contribution < -0.4 is 5.32 Å². The fourth-order valence-electron chi connectivity index (χ4n) is 3.43. The van der Waals surface area contributed by atoms with Gasteiger partial charge in [0.25, 0.3) is 0 Å². The second-order valence-electron chi connectivity index (χ2n) is 6.69. The van der Waals surface area contributed by atoms with Crippen LogP contribution in [0.5, 0.6) is 0 Å². The van der Waals surface area contributed by atoms with Crippen molar-refractivity contribution >= 4 is 0 Å². The Morgan fingerprint density at radius 3 is 2.65 bits per heavy atom. The van der Waals surface area contributed by atoms with Crippen molar-refractivity contribution < 1.29 is 5.11 Å². The summed E-state index contributed by atoms with van der Waals surface area (Å²) in [4.78, 5) is 0. The lowest BCUT2D eigenvalue weighted by Crippen LogP contribution is -2.37. The van der Waals surface area contributed by atoms with Crippen LogP contribution in [0.1, 0.15) is 57.6 Å². The van der Waals surface area contributed by atoms with Gasteiger partial charge in [0, 0.05) is 12.6 Å². The maximum absolute atomic E-state index is 10.2. The van der Waals surface area contributed by atoms with Crippen LogP contribution in [0.2, 0.25) is 0 Å². The maximum Gasteiger partial charge on any atom is 0.0914 e. The molecule has 0 saturated heterocycles. The molecule has 2 rings (SSSR count). The van der Waals surface area contributed by atoms with E-state index >= 15 is 0 Å². The van der Waals surface area contributed by atoms with E-state index in [0.29, 0.717) is 12.6 Å². The lowest BCUT2D eigenvalue weighted by molar-refractivity contribution is 0.158. The molecule has 1 fully saturated rings. The van der Waals surface area contributed by atoms with Crippen LogP contribution >= 0.6 is 0 Å². The number of hydrogen-bond donors (Lipinski definition) is 2. The lowest BCUT2D eigenvalue weighted by atomic mass is 9.81. The average molecular weight is 275 g/mol. The lowest BCUT2D eigenvalue weighted by Gasteiger charge is -2.31. The summed E-state index contributed by atoms with van der Waals surface area (Å²) >= 11 is 0. The number of rotatable bonds is 6. The zero-order chi connectivity index (χ0) is 14.4. The van der Waals surface area contributed by atoms with E-state index in [9.17, 15) is 5.11 Å². The standard InChI is InChI=1S/C18H29NO/c1-14(2)11-15-7-6-10-17(12-15)19-13-18(20)16-8-4-3-5-9-16/h3-5,8-9,14-15,17-20H,6-7,10-13H2,1-2H3. The molecule has 3 atom stereocenters. The molecule has 2 nitrogen and oxygen atoms in total. The Bertz CT molecular complexity index is 376. The normalized spacial score (nSPS) is 24.8. The van der Waals surface area contributed by atoms with Gasteiger partial charge < -0.3 is 10.4 Å². The van der Waals surface area contributed by atoms with E-state index in [1.54, 1.807) is 0 Å². The number of aliphatic hydroxyl groups is 1. The number of aliphatic hydroxyl groups excluding tert-OH is 1. The molecule has 2 heteroatoms. The van der Waals surface area contributed by atoms with E-state index in [1.807, 2.05) is 30.3 Å². The Kier molecular flexibility index (Phi) is 6.06. The molecule has 3 unspecified atom stereocenters. The first-order valence-corrected chi connectivity index (χ1v) is 8.11. The van der Waals surface area contributed by atoms with Gasteiger partial charge in [0.15, 0.2) is 0 Å². The molecule has 2 N–H and O–H groups in total. The van der Waals surface area contributed by atoms with Gasteiger partial charge in [0.1, 0.15) is 0 Å². The van der Waals surface area contributed by atoms with Crippen molar-refractivity contribution in [2.45, 2.75) is 58.1 Å². The van der Waals surface area contributed by atoms with Gasteiger partial charge in [-0.3, -0.25) is 0 Å². The van der Waals surface area contributed by atoms with Gasteiger partial charge in [-0.15, -0.1) is 0 Å². The number of hydrogen-bond acceptors (Lipinski definition) is 2. The first-order valence-electron chi connectivity index (χ1n) is 8.11. The van der Waals surface area contributed by atoms with Gasteiger partial charge in [-0.25, -0.2) is 0 Å². The summed E-state index contributed by atoms with van der Waals surface area (Å²) in [6.45, 7) is 5.30. The predicted molar refractivity (Wildman–Crippen MR) is 84.6 cm³/mol. The third-order valence-corrected chi connectivity index (χ3v) is 4.37. The second kappa shape index (κ2) is 7.80. The summed E-state index contributed by atoms with van der Waals surface area (Å²) in [5.41, 5.74) is 1.01. The van der Waals surface area contributed by atoms with Gasteiger partial charge in [-0.2, -0.15) is 0 Å². The van der Waals surface area contributed by atoms with Gasteiger partial charge in [-0.05, 0) is 36.7 Å². The van der Waals surface area contributed by atoms with Crippen LogP contribution in [-0.4, -0.2) is 17.7 Å². The molecule has 1 aromatic carbocycles. The Labute approximate surface area is 123 Å². The Hall–Kier alpha value is -0.860. The van der Waals surface area contributed by atoms with Crippen molar-refractivity contribution in [1.82, 2.24) is 5.32 Å². The largest absolute Gasteiger partial charge is 0.387 e. The summed E-state index contributed by atoms with van der Waals surface area (Å²) in [5.74, 6) is 1.67. The molecular weight excluding hydrogens is 246 g/mol. The highest BCUT2D eigenvalue weighted by Gasteiger charge is 2.22. The molecular formula is C18H29NO. The quantitative estimate of drug-likeness (QED) is 0.825. The topological polar surface area (TPSA) is 32.3 Å². The van der Waals surface area contributed by atoms with Gasteiger partial charge >= 0.3 is 0 Å². The molecule has 1 aromatic rings. The third kappa shape index (κ3) is 4.92. The first kappa shape index (κ1) is 15.5. The summed E-state index contributed by atoms with van der Waals surface area (Å²) in [5, 5.41) is 13.8. The fourth-order valence-corrected chi connectivity index (χ4v) is 3.43. The second-order valence-corrected chi connectivity index (χ2v) is 6.69. The van der Waals surface area contributed by atoms with Gasteiger partial charge in [0.05, 0.1) is 6.10 Å². The molecule has 112 valence electrons. The van der Waals surface area contributed by atoms with Gasteiger partial charge in [-0.1, -0.05) is 57.0 Å². The average Bonchev–Trinajstić information content (AvgIpc) is 2.45. The van der Waals surface area contributed by atoms with Crippen LogP contribution in [0, 0.1) is 11.8 Å². The third-order valence-electron chi connectivity index (χ3n) is 4.37. The van der Waals surface area contributed by atoms with Crippen molar-refractivity contribution in [3.63, 3.8) is 0 Å². The molecule has 0 amide bonds. The van der Waals surface area contributed by atoms with Crippen LogP contribution in [0.4, 0.5) is 0 Å². The smallest absolute Gasteiger partial charge is 0.0914 e. The van der Waals surface area contributed by atoms with Gasteiger partial charge in [0.2, 0.25) is 0 Å². The van der Waals surface area contributed by atoms with E-state index in [1.165, 1.54) is 32.1 Å². The van der Waals surface area contributed by atoms with E-state index in [4.69, 9.17) is 0 Å². The van der Waals surface area contributed by atoms with Crippen LogP contribution in [0.15, 0.2) is 30.3 Å². The molecule has 0 radical (unpaired) electrons. The molecule has 1 aliphatic rings. The van der Waals surface area contributed by atoms with E-state index in [2.05, 4.69) is 19.2 Å². The van der Waals surface area contributed by atoms with E-state index in [0.717, 1.165) is 17.4 Å². The summed E-state index contributed by atoms with van der Waals surface area (Å²) < 4.78 is 0. The molecule has 0 aromatic heterocycles. The summed E-state index contributed by atoms with van der Waals surface area (Å²) in [6, 6.07) is 10.5. The predicted octanol–water partition coefficient (Wildman–Crippen LogP) is 3.91. The Balaban J connectivity index is 1.76. The van der Waals surface area contributed by atoms with Crippen LogP contribution in [0.3, 0.4) is 0 Å². The molecule has 0 bridgehead atoms. The molecule has 20 heavy (non-hydrogen) atoms. The molecule has 1 saturated carbocycles. The van der Waals surface area contributed by atoms with E-state index in [-0.39, 0.29) is 6.10 Å². The minimum atomic E-state index is -0.387. The molecule has 0 aliphatic heterocycles. The van der Waals surface area contributed by atoms with Crippen LogP contribution in [-0.2, 0) is 0 Å². The Morgan fingerprint density at radius 1 is 1.20 bits per heavy atom. The van der Waals surface area contributed by atoms with Crippen LogP contribution in [0.25, 0.3) is 0 Å². The van der Waals surface area contributed by atoms with E-state index < -0.39 is 0 Å². The zero-order valence-electron chi connectivity index (χ0n) is 12.9. The SMILES string of the molecule is CC(C)CC1CCCC(NCC(O)c2ccccc2)C1. The Morgan fingerprint density at radius 2 is 1.95 bits per heavy atom. The van der Waals surface area contributed by atoms with Crippen molar-refractivity contribution in [2.75, 3.05) is 6.54 Å².